The maximum Gasteiger partial charge on any atom is 0.137 e. The van der Waals surface area contributed by atoms with Crippen molar-refractivity contribution >= 4 is 21.6 Å². The van der Waals surface area contributed by atoms with Gasteiger partial charge in [0.1, 0.15) is 5.65 Å². The van der Waals surface area contributed by atoms with Crippen molar-refractivity contribution in [2.75, 3.05) is 18.4 Å². The van der Waals surface area contributed by atoms with Crippen molar-refractivity contribution < 1.29 is 0 Å². The Labute approximate surface area is 116 Å². The summed E-state index contributed by atoms with van der Waals surface area (Å²) in [5.74, 6) is 0.863. The number of halogens is 1. The van der Waals surface area contributed by atoms with Gasteiger partial charge in [0.05, 0.1) is 5.69 Å². The molecule has 0 bridgehead atoms. The Morgan fingerprint density at radius 2 is 2.11 bits per heavy atom. The van der Waals surface area contributed by atoms with Gasteiger partial charge in [-0.25, -0.2) is 4.98 Å². The first-order valence-corrected chi connectivity index (χ1v) is 7.68. The summed E-state index contributed by atoms with van der Waals surface area (Å²) < 4.78 is 2.10. The van der Waals surface area contributed by atoms with Crippen molar-refractivity contribution in [2.24, 2.45) is 5.92 Å². The molecule has 96 valence electrons. The van der Waals surface area contributed by atoms with Crippen LogP contribution in [0.3, 0.4) is 0 Å². The van der Waals surface area contributed by atoms with Crippen LogP contribution in [0.2, 0.25) is 0 Å². The van der Waals surface area contributed by atoms with Crippen LogP contribution in [0, 0.1) is 5.92 Å². The van der Waals surface area contributed by atoms with E-state index < -0.39 is 0 Å². The van der Waals surface area contributed by atoms with Gasteiger partial charge in [-0.1, -0.05) is 22.0 Å². The Bertz CT molecular complexity index is 481. The SMILES string of the molecule is BrCC1CCN(Cc2cn3ccccc3n2)CC1. The van der Waals surface area contributed by atoms with Crippen molar-refractivity contribution in [1.29, 1.82) is 0 Å². The molecule has 2 aromatic rings. The van der Waals surface area contributed by atoms with E-state index in [1.54, 1.807) is 0 Å². The number of hydrogen-bond acceptors (Lipinski definition) is 2. The minimum atomic E-state index is 0.863. The van der Waals surface area contributed by atoms with Crippen LogP contribution in [0.5, 0.6) is 0 Å². The topological polar surface area (TPSA) is 20.5 Å². The number of pyridine rings is 1. The molecule has 3 heterocycles. The number of imidazole rings is 1. The van der Waals surface area contributed by atoms with Crippen LogP contribution in [0.25, 0.3) is 5.65 Å². The lowest BCUT2D eigenvalue weighted by Gasteiger charge is -2.30. The predicted octanol–water partition coefficient (Wildman–Crippen LogP) is 2.94. The van der Waals surface area contributed by atoms with Crippen molar-refractivity contribution in [3.05, 3.63) is 36.3 Å². The molecule has 0 amide bonds. The van der Waals surface area contributed by atoms with Gasteiger partial charge in [-0.05, 0) is 44.0 Å². The molecule has 3 nitrogen and oxygen atoms in total. The average Bonchev–Trinajstić information content (AvgIpc) is 2.82. The quantitative estimate of drug-likeness (QED) is 0.813. The van der Waals surface area contributed by atoms with E-state index in [9.17, 15) is 0 Å². The third-order valence-corrected chi connectivity index (χ3v) is 4.64. The van der Waals surface area contributed by atoms with Gasteiger partial charge in [0.15, 0.2) is 0 Å². The third kappa shape index (κ3) is 2.59. The number of likely N-dealkylation sites (tertiary alicyclic amines) is 1. The molecule has 18 heavy (non-hydrogen) atoms. The maximum absolute atomic E-state index is 4.66. The van der Waals surface area contributed by atoms with Crippen LogP contribution < -0.4 is 0 Å². The van der Waals surface area contributed by atoms with Gasteiger partial charge in [-0.3, -0.25) is 4.90 Å². The molecule has 3 rings (SSSR count). The summed E-state index contributed by atoms with van der Waals surface area (Å²) in [5, 5.41) is 1.15. The molecule has 0 radical (unpaired) electrons. The Balaban J connectivity index is 1.66. The van der Waals surface area contributed by atoms with E-state index in [4.69, 9.17) is 0 Å². The average molecular weight is 308 g/mol. The van der Waals surface area contributed by atoms with Gasteiger partial charge in [0.2, 0.25) is 0 Å². The van der Waals surface area contributed by atoms with E-state index in [1.807, 2.05) is 12.1 Å². The highest BCUT2D eigenvalue weighted by molar-refractivity contribution is 9.09. The Hall–Kier alpha value is -0.870. The number of alkyl halides is 1. The van der Waals surface area contributed by atoms with Crippen LogP contribution in [0.15, 0.2) is 30.6 Å². The summed E-state index contributed by atoms with van der Waals surface area (Å²) in [6.45, 7) is 3.38. The molecule has 0 N–H and O–H groups in total. The lowest BCUT2D eigenvalue weighted by atomic mass is 9.99. The normalized spacial score (nSPS) is 18.5. The summed E-state index contributed by atoms with van der Waals surface area (Å²) >= 11 is 3.59. The molecule has 0 saturated carbocycles. The van der Waals surface area contributed by atoms with E-state index >= 15 is 0 Å². The van der Waals surface area contributed by atoms with Crippen molar-refractivity contribution in [1.82, 2.24) is 14.3 Å². The van der Waals surface area contributed by atoms with Gasteiger partial charge in [-0.2, -0.15) is 0 Å². The summed E-state index contributed by atoms with van der Waals surface area (Å²) in [6, 6.07) is 6.13. The van der Waals surface area contributed by atoms with Gasteiger partial charge in [-0.15, -0.1) is 0 Å². The van der Waals surface area contributed by atoms with Crippen LogP contribution in [0.1, 0.15) is 18.5 Å². The summed E-state index contributed by atoms with van der Waals surface area (Å²) in [5.41, 5.74) is 2.22. The molecular formula is C14H18BrN3. The zero-order valence-electron chi connectivity index (χ0n) is 10.4. The van der Waals surface area contributed by atoms with Crippen molar-refractivity contribution in [2.45, 2.75) is 19.4 Å². The standard InChI is InChI=1S/C14H18BrN3/c15-9-12-4-7-17(8-5-12)10-13-11-18-6-2-1-3-14(18)16-13/h1-3,6,11-12H,4-5,7-10H2. The van der Waals surface area contributed by atoms with E-state index in [1.165, 1.54) is 31.6 Å². The first-order valence-electron chi connectivity index (χ1n) is 6.56. The second-order valence-electron chi connectivity index (χ2n) is 5.07. The first-order chi connectivity index (χ1) is 8.85. The number of aromatic nitrogens is 2. The molecule has 1 saturated heterocycles. The van der Waals surface area contributed by atoms with Crippen molar-refractivity contribution in [3.8, 4) is 0 Å². The molecule has 1 fully saturated rings. The molecule has 1 aliphatic rings. The van der Waals surface area contributed by atoms with Gasteiger partial charge in [0.25, 0.3) is 0 Å². The highest BCUT2D eigenvalue weighted by Gasteiger charge is 2.18. The minimum Gasteiger partial charge on any atom is -0.307 e. The molecular weight excluding hydrogens is 290 g/mol. The second-order valence-corrected chi connectivity index (χ2v) is 5.72. The fourth-order valence-corrected chi connectivity index (χ4v) is 3.24. The molecule has 0 unspecified atom stereocenters. The molecule has 2 aromatic heterocycles. The largest absolute Gasteiger partial charge is 0.307 e. The zero-order valence-corrected chi connectivity index (χ0v) is 12.0. The molecule has 0 atom stereocenters. The number of hydrogen-bond donors (Lipinski definition) is 0. The predicted molar refractivity (Wildman–Crippen MR) is 77.0 cm³/mol. The van der Waals surface area contributed by atoms with Crippen LogP contribution in [0.4, 0.5) is 0 Å². The lowest BCUT2D eigenvalue weighted by Crippen LogP contribution is -2.33. The number of rotatable bonds is 3. The van der Waals surface area contributed by atoms with Crippen LogP contribution in [-0.4, -0.2) is 32.7 Å². The van der Waals surface area contributed by atoms with Crippen molar-refractivity contribution in [3.63, 3.8) is 0 Å². The number of nitrogens with zero attached hydrogens (tertiary/aromatic N) is 3. The Morgan fingerprint density at radius 3 is 2.83 bits per heavy atom. The first kappa shape index (κ1) is 12.2. The lowest BCUT2D eigenvalue weighted by molar-refractivity contribution is 0.186. The van der Waals surface area contributed by atoms with Crippen LogP contribution >= 0.6 is 15.9 Å². The highest BCUT2D eigenvalue weighted by Crippen LogP contribution is 2.20. The zero-order chi connectivity index (χ0) is 12.4. The van der Waals surface area contributed by atoms with Crippen LogP contribution in [-0.2, 0) is 6.54 Å². The molecule has 0 aliphatic carbocycles. The Morgan fingerprint density at radius 1 is 1.28 bits per heavy atom. The minimum absolute atomic E-state index is 0.863. The van der Waals surface area contributed by atoms with Gasteiger partial charge in [0, 0.05) is 24.3 Å². The highest BCUT2D eigenvalue weighted by atomic mass is 79.9. The third-order valence-electron chi connectivity index (χ3n) is 3.72. The summed E-state index contributed by atoms with van der Waals surface area (Å²) in [7, 11) is 0. The fourth-order valence-electron chi connectivity index (χ4n) is 2.59. The van der Waals surface area contributed by atoms with Gasteiger partial charge < -0.3 is 4.40 Å². The van der Waals surface area contributed by atoms with E-state index in [-0.39, 0.29) is 0 Å². The maximum atomic E-state index is 4.66. The Kier molecular flexibility index (Phi) is 3.66. The molecule has 4 heteroatoms. The van der Waals surface area contributed by atoms with Gasteiger partial charge >= 0.3 is 0 Å². The number of piperidine rings is 1. The summed E-state index contributed by atoms with van der Waals surface area (Å²) in [4.78, 5) is 7.17. The molecule has 0 spiro atoms. The fraction of sp³-hybridized carbons (Fsp3) is 0.500. The monoisotopic (exact) mass is 307 g/mol. The smallest absolute Gasteiger partial charge is 0.137 e. The summed E-state index contributed by atoms with van der Waals surface area (Å²) in [6.07, 6.45) is 6.81. The second kappa shape index (κ2) is 5.41. The molecule has 0 aromatic carbocycles. The molecule has 1 aliphatic heterocycles. The van der Waals surface area contributed by atoms with E-state index in [0.29, 0.717) is 0 Å². The van der Waals surface area contributed by atoms with E-state index in [2.05, 4.69) is 48.7 Å². The number of fused-ring (bicyclic) bond motifs is 1. The van der Waals surface area contributed by atoms with E-state index in [0.717, 1.165) is 23.4 Å².